The Kier molecular flexibility index (Phi) is 2.33. The maximum Gasteiger partial charge on any atom is 0.0497 e. The minimum Gasteiger partial charge on any atom is -0.341 e. The Morgan fingerprint density at radius 2 is 2.06 bits per heavy atom. The van der Waals surface area contributed by atoms with E-state index in [0.29, 0.717) is 0 Å². The van der Waals surface area contributed by atoms with Crippen molar-refractivity contribution in [3.8, 4) is 0 Å². The Balaban J connectivity index is 2.32. The standard InChI is InChI=1S/C13H15BrN2/c1-9-3-4-10-11(7-9)16-6-5-15(2)8-12(16)13(10)14/h3-4,7H,5-6,8H2,1-2H3. The van der Waals surface area contributed by atoms with Crippen molar-refractivity contribution >= 4 is 26.8 Å². The molecule has 0 aliphatic carbocycles. The summed E-state index contributed by atoms with van der Waals surface area (Å²) in [5.74, 6) is 0. The van der Waals surface area contributed by atoms with Gasteiger partial charge in [0.1, 0.15) is 0 Å². The average Bonchev–Trinajstić information content (AvgIpc) is 2.52. The van der Waals surface area contributed by atoms with Gasteiger partial charge in [-0.05, 0) is 41.5 Å². The maximum atomic E-state index is 3.74. The summed E-state index contributed by atoms with van der Waals surface area (Å²) in [6.45, 7) is 5.42. The molecule has 3 rings (SSSR count). The zero-order valence-electron chi connectivity index (χ0n) is 9.63. The molecule has 16 heavy (non-hydrogen) atoms. The van der Waals surface area contributed by atoms with E-state index in [2.05, 4.69) is 57.6 Å². The predicted molar refractivity (Wildman–Crippen MR) is 70.7 cm³/mol. The number of hydrogen-bond donors (Lipinski definition) is 0. The molecule has 0 bridgehead atoms. The van der Waals surface area contributed by atoms with Crippen LogP contribution in [0.25, 0.3) is 10.9 Å². The van der Waals surface area contributed by atoms with Crippen LogP contribution in [-0.4, -0.2) is 23.1 Å². The van der Waals surface area contributed by atoms with Crippen molar-refractivity contribution in [3.63, 3.8) is 0 Å². The lowest BCUT2D eigenvalue weighted by atomic mass is 10.2. The normalized spacial score (nSPS) is 16.7. The van der Waals surface area contributed by atoms with Gasteiger partial charge in [0.25, 0.3) is 0 Å². The van der Waals surface area contributed by atoms with Gasteiger partial charge in [0.05, 0.1) is 0 Å². The third kappa shape index (κ3) is 1.42. The van der Waals surface area contributed by atoms with Gasteiger partial charge in [-0.25, -0.2) is 0 Å². The largest absolute Gasteiger partial charge is 0.341 e. The van der Waals surface area contributed by atoms with Gasteiger partial charge in [0, 0.05) is 40.7 Å². The van der Waals surface area contributed by atoms with E-state index in [1.807, 2.05) is 0 Å². The number of benzene rings is 1. The molecular weight excluding hydrogens is 264 g/mol. The molecule has 2 aromatic rings. The summed E-state index contributed by atoms with van der Waals surface area (Å²) in [6.07, 6.45) is 0. The summed E-state index contributed by atoms with van der Waals surface area (Å²) in [4.78, 5) is 2.37. The molecule has 0 atom stereocenters. The van der Waals surface area contributed by atoms with Crippen molar-refractivity contribution < 1.29 is 0 Å². The lowest BCUT2D eigenvalue weighted by Crippen LogP contribution is -2.30. The van der Waals surface area contributed by atoms with E-state index < -0.39 is 0 Å². The summed E-state index contributed by atoms with van der Waals surface area (Å²) < 4.78 is 3.72. The zero-order chi connectivity index (χ0) is 11.3. The number of hydrogen-bond acceptors (Lipinski definition) is 1. The van der Waals surface area contributed by atoms with Gasteiger partial charge in [0.15, 0.2) is 0 Å². The Bertz CT molecular complexity index is 557. The van der Waals surface area contributed by atoms with E-state index in [9.17, 15) is 0 Å². The number of halogens is 1. The van der Waals surface area contributed by atoms with Crippen molar-refractivity contribution in [2.24, 2.45) is 0 Å². The van der Waals surface area contributed by atoms with Crippen LogP contribution in [0.2, 0.25) is 0 Å². The first-order chi connectivity index (χ1) is 7.66. The van der Waals surface area contributed by atoms with Crippen LogP contribution in [0, 0.1) is 6.92 Å². The Morgan fingerprint density at radius 3 is 2.88 bits per heavy atom. The highest BCUT2D eigenvalue weighted by molar-refractivity contribution is 9.10. The number of aryl methyl sites for hydroxylation is 1. The van der Waals surface area contributed by atoms with Crippen LogP contribution in [0.5, 0.6) is 0 Å². The lowest BCUT2D eigenvalue weighted by Gasteiger charge is -2.25. The number of rotatable bonds is 0. The minimum atomic E-state index is 1.04. The third-order valence-electron chi connectivity index (χ3n) is 3.38. The Hall–Kier alpha value is -0.800. The molecule has 1 aromatic carbocycles. The second kappa shape index (κ2) is 3.60. The smallest absolute Gasteiger partial charge is 0.0497 e. The van der Waals surface area contributed by atoms with E-state index in [1.54, 1.807) is 0 Å². The molecule has 0 saturated heterocycles. The SMILES string of the molecule is Cc1ccc2c(Br)c3n(c2c1)CCN(C)C3. The first-order valence-corrected chi connectivity index (χ1v) is 6.42. The van der Waals surface area contributed by atoms with Gasteiger partial charge < -0.3 is 4.57 Å². The lowest BCUT2D eigenvalue weighted by molar-refractivity contribution is 0.272. The molecule has 0 unspecified atom stereocenters. The molecule has 0 radical (unpaired) electrons. The first-order valence-electron chi connectivity index (χ1n) is 5.62. The molecule has 84 valence electrons. The van der Waals surface area contributed by atoms with Gasteiger partial charge in [-0.15, -0.1) is 0 Å². The van der Waals surface area contributed by atoms with E-state index >= 15 is 0 Å². The molecule has 0 saturated carbocycles. The van der Waals surface area contributed by atoms with Crippen molar-refractivity contribution in [2.75, 3.05) is 13.6 Å². The summed E-state index contributed by atoms with van der Waals surface area (Å²) in [7, 11) is 2.18. The van der Waals surface area contributed by atoms with Gasteiger partial charge >= 0.3 is 0 Å². The number of aromatic nitrogens is 1. The van der Waals surface area contributed by atoms with E-state index in [1.165, 1.54) is 26.6 Å². The second-order valence-corrected chi connectivity index (χ2v) is 5.46. The Labute approximate surface area is 104 Å². The van der Waals surface area contributed by atoms with E-state index in [0.717, 1.165) is 19.6 Å². The molecule has 0 N–H and O–H groups in total. The summed E-state index contributed by atoms with van der Waals surface area (Å²) >= 11 is 3.74. The molecule has 0 amide bonds. The molecular formula is C13H15BrN2. The Morgan fingerprint density at radius 1 is 1.25 bits per heavy atom. The van der Waals surface area contributed by atoms with Gasteiger partial charge in [0.2, 0.25) is 0 Å². The fraction of sp³-hybridized carbons (Fsp3) is 0.385. The molecule has 2 nitrogen and oxygen atoms in total. The van der Waals surface area contributed by atoms with Crippen molar-refractivity contribution in [2.45, 2.75) is 20.0 Å². The fourth-order valence-corrected chi connectivity index (χ4v) is 3.16. The summed E-state index contributed by atoms with van der Waals surface area (Å²) in [5.41, 5.74) is 4.11. The summed E-state index contributed by atoms with van der Waals surface area (Å²) in [6, 6.07) is 6.69. The van der Waals surface area contributed by atoms with E-state index in [4.69, 9.17) is 0 Å². The number of fused-ring (bicyclic) bond motifs is 3. The van der Waals surface area contributed by atoms with Crippen LogP contribution in [0.3, 0.4) is 0 Å². The van der Waals surface area contributed by atoms with Crippen LogP contribution in [0.4, 0.5) is 0 Å². The van der Waals surface area contributed by atoms with E-state index in [-0.39, 0.29) is 0 Å². The highest BCUT2D eigenvalue weighted by atomic mass is 79.9. The first kappa shape index (κ1) is 10.4. The van der Waals surface area contributed by atoms with Gasteiger partial charge in [-0.2, -0.15) is 0 Å². The number of likely N-dealkylation sites (N-methyl/N-ethyl adjacent to an activating group) is 1. The van der Waals surface area contributed by atoms with Crippen molar-refractivity contribution in [1.82, 2.24) is 9.47 Å². The van der Waals surface area contributed by atoms with Crippen molar-refractivity contribution in [3.05, 3.63) is 33.9 Å². The quantitative estimate of drug-likeness (QED) is 0.719. The molecule has 1 aliphatic heterocycles. The molecule has 2 heterocycles. The maximum absolute atomic E-state index is 3.74. The molecule has 1 aromatic heterocycles. The van der Waals surface area contributed by atoms with Crippen LogP contribution < -0.4 is 0 Å². The minimum absolute atomic E-state index is 1.04. The monoisotopic (exact) mass is 278 g/mol. The zero-order valence-corrected chi connectivity index (χ0v) is 11.2. The average molecular weight is 279 g/mol. The second-order valence-electron chi connectivity index (χ2n) is 4.67. The summed E-state index contributed by atoms with van der Waals surface area (Å²) in [5, 5.41) is 1.34. The van der Waals surface area contributed by atoms with Gasteiger partial charge in [-0.1, -0.05) is 12.1 Å². The van der Waals surface area contributed by atoms with Crippen LogP contribution in [0.1, 0.15) is 11.3 Å². The fourth-order valence-electron chi connectivity index (χ4n) is 2.49. The molecule has 0 spiro atoms. The topological polar surface area (TPSA) is 8.17 Å². The number of nitrogens with zero attached hydrogens (tertiary/aromatic N) is 2. The third-order valence-corrected chi connectivity index (χ3v) is 4.27. The predicted octanol–water partition coefficient (Wildman–Crippen LogP) is 3.16. The van der Waals surface area contributed by atoms with Crippen molar-refractivity contribution in [1.29, 1.82) is 0 Å². The molecule has 0 fully saturated rings. The van der Waals surface area contributed by atoms with Crippen LogP contribution >= 0.6 is 15.9 Å². The van der Waals surface area contributed by atoms with Crippen LogP contribution in [0.15, 0.2) is 22.7 Å². The van der Waals surface area contributed by atoms with Crippen LogP contribution in [-0.2, 0) is 13.1 Å². The molecule has 3 heteroatoms. The van der Waals surface area contributed by atoms with Gasteiger partial charge in [-0.3, -0.25) is 4.90 Å². The highest BCUT2D eigenvalue weighted by Gasteiger charge is 2.20. The molecule has 1 aliphatic rings. The highest BCUT2D eigenvalue weighted by Crippen LogP contribution is 2.33.